The molecule has 2 N–H and O–H groups in total. The molecule has 1 aliphatic rings. The molecular weight excluding hydrogens is 358 g/mol. The van der Waals surface area contributed by atoms with Gasteiger partial charge in [-0.3, -0.25) is 4.79 Å². The summed E-state index contributed by atoms with van der Waals surface area (Å²) in [6.45, 7) is 5.78. The van der Waals surface area contributed by atoms with E-state index in [-0.39, 0.29) is 11.2 Å². The molecule has 0 saturated carbocycles. The average Bonchev–Trinajstić information content (AvgIpc) is 2.96. The van der Waals surface area contributed by atoms with Crippen LogP contribution in [0.4, 0.5) is 0 Å². The molecule has 0 radical (unpaired) electrons. The van der Waals surface area contributed by atoms with E-state index in [1.807, 2.05) is 24.0 Å². The fraction of sp³-hybridized carbons (Fsp3) is 0.471. The average molecular weight is 380 g/mol. The first kappa shape index (κ1) is 18.1. The van der Waals surface area contributed by atoms with E-state index in [2.05, 4.69) is 17.1 Å². The van der Waals surface area contributed by atoms with Gasteiger partial charge in [-0.2, -0.15) is 0 Å². The van der Waals surface area contributed by atoms with Crippen LogP contribution in [0.15, 0.2) is 29.4 Å². The zero-order valence-corrected chi connectivity index (χ0v) is 15.9. The highest BCUT2D eigenvalue weighted by atomic mass is 35.5. The van der Waals surface area contributed by atoms with E-state index in [0.29, 0.717) is 21.9 Å². The van der Waals surface area contributed by atoms with Crippen LogP contribution in [0.3, 0.4) is 0 Å². The molecule has 25 heavy (non-hydrogen) atoms. The van der Waals surface area contributed by atoms with Crippen LogP contribution in [0, 0.1) is 5.92 Å². The first-order valence-corrected chi connectivity index (χ1v) is 9.63. The molecular formula is C17H22ClN5OS. The Hall–Kier alpha value is -1.73. The molecule has 0 spiro atoms. The molecule has 0 unspecified atom stereocenters. The summed E-state index contributed by atoms with van der Waals surface area (Å²) in [7, 11) is 0. The van der Waals surface area contributed by atoms with Gasteiger partial charge in [-0.15, -0.1) is 10.2 Å². The van der Waals surface area contributed by atoms with E-state index in [1.54, 1.807) is 12.1 Å². The summed E-state index contributed by atoms with van der Waals surface area (Å²) in [5.41, 5.74) is 0.829. The van der Waals surface area contributed by atoms with Crippen molar-refractivity contribution < 1.29 is 4.79 Å². The molecule has 1 atom stereocenters. The van der Waals surface area contributed by atoms with Crippen molar-refractivity contribution in [3.63, 3.8) is 0 Å². The van der Waals surface area contributed by atoms with Gasteiger partial charge in [0.15, 0.2) is 5.82 Å². The molecule has 3 rings (SSSR count). The molecule has 1 saturated heterocycles. The van der Waals surface area contributed by atoms with E-state index in [4.69, 9.17) is 17.4 Å². The number of hydrogen-bond acceptors (Lipinski definition) is 5. The van der Waals surface area contributed by atoms with Crippen LogP contribution >= 0.6 is 23.4 Å². The number of nitrogens with zero attached hydrogens (tertiary/aromatic N) is 4. The van der Waals surface area contributed by atoms with Crippen LogP contribution in [0.1, 0.15) is 26.7 Å². The lowest BCUT2D eigenvalue weighted by molar-refractivity contribution is -0.131. The maximum absolute atomic E-state index is 12.6. The Morgan fingerprint density at radius 1 is 1.28 bits per heavy atom. The van der Waals surface area contributed by atoms with Gasteiger partial charge in [-0.05, 0) is 49.9 Å². The van der Waals surface area contributed by atoms with Crippen LogP contribution in [0.5, 0.6) is 0 Å². The Kier molecular flexibility index (Phi) is 5.54. The number of hydrogen-bond donors (Lipinski definition) is 1. The van der Waals surface area contributed by atoms with Crippen molar-refractivity contribution in [2.45, 2.75) is 37.1 Å². The van der Waals surface area contributed by atoms with Gasteiger partial charge in [-0.1, -0.05) is 30.3 Å². The lowest BCUT2D eigenvalue weighted by atomic mass is 9.99. The van der Waals surface area contributed by atoms with E-state index >= 15 is 0 Å². The van der Waals surface area contributed by atoms with Crippen molar-refractivity contribution in [2.75, 3.05) is 18.9 Å². The third-order valence-electron chi connectivity index (χ3n) is 4.49. The topological polar surface area (TPSA) is 77.0 Å². The summed E-state index contributed by atoms with van der Waals surface area (Å²) in [5.74, 6) is 7.51. The molecule has 0 aliphatic carbocycles. The second-order valence-electron chi connectivity index (χ2n) is 6.45. The Labute approximate surface area is 156 Å². The van der Waals surface area contributed by atoms with Crippen LogP contribution in [-0.4, -0.2) is 44.0 Å². The first-order chi connectivity index (χ1) is 12.0. The largest absolute Gasteiger partial charge is 0.342 e. The predicted molar refractivity (Wildman–Crippen MR) is 101 cm³/mol. The summed E-state index contributed by atoms with van der Waals surface area (Å²) < 4.78 is 1.43. The number of carbonyl (C=O) groups excluding carboxylic acids is 1. The van der Waals surface area contributed by atoms with Crippen molar-refractivity contribution in [2.24, 2.45) is 5.92 Å². The quantitative estimate of drug-likeness (QED) is 0.652. The number of rotatable bonds is 4. The normalized spacial score (nSPS) is 16.8. The lowest BCUT2D eigenvalue weighted by Crippen LogP contribution is -2.41. The van der Waals surface area contributed by atoms with E-state index in [0.717, 1.165) is 31.5 Å². The number of aromatic nitrogens is 3. The van der Waals surface area contributed by atoms with Crippen LogP contribution in [-0.2, 0) is 4.79 Å². The van der Waals surface area contributed by atoms with Gasteiger partial charge in [0.25, 0.3) is 0 Å². The third-order valence-corrected chi connectivity index (χ3v) is 5.79. The fourth-order valence-corrected chi connectivity index (χ4v) is 3.83. The lowest BCUT2D eigenvalue weighted by Gasteiger charge is -2.31. The highest BCUT2D eigenvalue weighted by Gasteiger charge is 2.26. The van der Waals surface area contributed by atoms with E-state index < -0.39 is 0 Å². The predicted octanol–water partition coefficient (Wildman–Crippen LogP) is 3.05. The Balaban J connectivity index is 1.68. The number of piperidine rings is 1. The summed E-state index contributed by atoms with van der Waals surface area (Å²) in [4.78, 5) is 14.6. The molecule has 8 heteroatoms. The standard InChI is InChI=1S/C17H22ClN5OS/c1-11-7-9-22(10-8-11)16(24)12(2)25-17-21-20-15(23(17)19)13-3-5-14(18)6-4-13/h3-6,11-12H,7-10,19H2,1-2H3/t12-/m0/s1. The van der Waals surface area contributed by atoms with Gasteiger partial charge >= 0.3 is 0 Å². The van der Waals surface area contributed by atoms with Crippen LogP contribution in [0.2, 0.25) is 5.02 Å². The minimum Gasteiger partial charge on any atom is -0.342 e. The van der Waals surface area contributed by atoms with Crippen molar-refractivity contribution in [1.82, 2.24) is 19.8 Å². The SMILES string of the molecule is CC1CCN(C(=O)[C@H](C)Sc2nnc(-c3ccc(Cl)cc3)n2N)CC1. The monoisotopic (exact) mass is 379 g/mol. The van der Waals surface area contributed by atoms with Crippen molar-refractivity contribution in [1.29, 1.82) is 0 Å². The van der Waals surface area contributed by atoms with E-state index in [9.17, 15) is 4.79 Å². The van der Waals surface area contributed by atoms with Gasteiger partial charge in [0.2, 0.25) is 11.1 Å². The summed E-state index contributed by atoms with van der Waals surface area (Å²) in [6.07, 6.45) is 2.13. The molecule has 6 nitrogen and oxygen atoms in total. The molecule has 2 heterocycles. The molecule has 1 aromatic heterocycles. The minimum atomic E-state index is -0.252. The third kappa shape index (κ3) is 4.10. The highest BCUT2D eigenvalue weighted by Crippen LogP contribution is 2.27. The molecule has 1 aliphatic heterocycles. The maximum atomic E-state index is 12.6. The molecule has 134 valence electrons. The molecule has 1 aromatic carbocycles. The molecule has 0 bridgehead atoms. The second kappa shape index (κ2) is 7.66. The number of likely N-dealkylation sites (tertiary alicyclic amines) is 1. The zero-order valence-electron chi connectivity index (χ0n) is 14.4. The number of benzene rings is 1. The van der Waals surface area contributed by atoms with Crippen molar-refractivity contribution in [3.05, 3.63) is 29.3 Å². The second-order valence-corrected chi connectivity index (χ2v) is 8.20. The zero-order chi connectivity index (χ0) is 18.0. The highest BCUT2D eigenvalue weighted by molar-refractivity contribution is 8.00. The smallest absolute Gasteiger partial charge is 0.235 e. The van der Waals surface area contributed by atoms with E-state index in [1.165, 1.54) is 16.4 Å². The summed E-state index contributed by atoms with van der Waals surface area (Å²) in [6, 6.07) is 7.24. The van der Waals surface area contributed by atoms with Gasteiger partial charge in [-0.25, -0.2) is 4.68 Å². The Morgan fingerprint density at radius 3 is 2.56 bits per heavy atom. The molecule has 2 aromatic rings. The number of thioether (sulfide) groups is 1. The number of nitrogen functional groups attached to an aromatic ring is 1. The number of nitrogens with two attached hydrogens (primary N) is 1. The van der Waals surface area contributed by atoms with Crippen molar-refractivity contribution >= 4 is 29.3 Å². The van der Waals surface area contributed by atoms with Gasteiger partial charge in [0.1, 0.15) is 0 Å². The first-order valence-electron chi connectivity index (χ1n) is 8.37. The molecule has 1 amide bonds. The maximum Gasteiger partial charge on any atom is 0.235 e. The van der Waals surface area contributed by atoms with Gasteiger partial charge in [0, 0.05) is 23.7 Å². The number of amides is 1. The van der Waals surface area contributed by atoms with Gasteiger partial charge in [0.05, 0.1) is 5.25 Å². The number of halogens is 1. The summed E-state index contributed by atoms with van der Waals surface area (Å²) >= 11 is 7.25. The summed E-state index contributed by atoms with van der Waals surface area (Å²) in [5, 5.41) is 9.21. The fourth-order valence-electron chi connectivity index (χ4n) is 2.85. The number of carbonyl (C=O) groups is 1. The van der Waals surface area contributed by atoms with Crippen molar-refractivity contribution in [3.8, 4) is 11.4 Å². The molecule has 1 fully saturated rings. The minimum absolute atomic E-state index is 0.132. The Bertz CT molecular complexity index is 740. The van der Waals surface area contributed by atoms with Crippen LogP contribution in [0.25, 0.3) is 11.4 Å². The Morgan fingerprint density at radius 2 is 1.92 bits per heavy atom. The van der Waals surface area contributed by atoms with Crippen LogP contribution < -0.4 is 5.84 Å². The van der Waals surface area contributed by atoms with Gasteiger partial charge < -0.3 is 10.7 Å².